The molecular formula is C24H20Zr. The van der Waals surface area contributed by atoms with Gasteiger partial charge in [0.15, 0.2) is 0 Å². The molecule has 25 heavy (non-hydrogen) atoms. The molecule has 0 heterocycles. The van der Waals surface area contributed by atoms with E-state index in [4.69, 9.17) is 0 Å². The summed E-state index contributed by atoms with van der Waals surface area (Å²) in [5.74, 6) is 0. The van der Waals surface area contributed by atoms with E-state index < -0.39 is 21.3 Å². The Balaban J connectivity index is 1.69. The number of benzene rings is 3. The molecule has 0 saturated carbocycles. The maximum atomic E-state index is 2.61. The van der Waals surface area contributed by atoms with Crippen molar-refractivity contribution in [1.29, 1.82) is 0 Å². The Hall–Kier alpha value is -1.85. The topological polar surface area (TPSA) is 0 Å². The molecule has 2 aliphatic rings. The third-order valence-corrected chi connectivity index (χ3v) is 13.5. The molecule has 0 aromatic heterocycles. The van der Waals surface area contributed by atoms with E-state index >= 15 is 0 Å². The van der Waals surface area contributed by atoms with Crippen LogP contribution in [0.3, 0.4) is 0 Å². The quantitative estimate of drug-likeness (QED) is 0.498. The van der Waals surface area contributed by atoms with Gasteiger partial charge in [0.25, 0.3) is 0 Å². The second-order valence-corrected chi connectivity index (χ2v) is 13.7. The van der Waals surface area contributed by atoms with E-state index in [1.807, 2.05) is 0 Å². The van der Waals surface area contributed by atoms with Crippen LogP contribution in [-0.4, -0.2) is 3.71 Å². The van der Waals surface area contributed by atoms with Crippen molar-refractivity contribution in [3.8, 4) is 11.1 Å². The van der Waals surface area contributed by atoms with Gasteiger partial charge in [-0.2, -0.15) is 0 Å². The van der Waals surface area contributed by atoms with Gasteiger partial charge in [0.2, 0.25) is 0 Å². The van der Waals surface area contributed by atoms with E-state index in [-0.39, 0.29) is 0 Å². The average Bonchev–Trinajstić information content (AvgIpc) is 3.24. The summed E-state index contributed by atoms with van der Waals surface area (Å²) in [6.45, 7) is 2.31. The van der Waals surface area contributed by atoms with Crippen LogP contribution in [0.4, 0.5) is 0 Å². The molecule has 0 saturated heterocycles. The standard InChI is InChI=1S/C13H9.C9H7.C2H4.Zr/c1-3-7-12-10(5-1)9-11-6-2-4-8-13(11)12;1-2-5-9-7-3-6-8(9)4-1;1-2;/h1-9H;1-7H;1H,2H3;. The molecule has 3 aromatic rings. The number of hydrogen-bond acceptors (Lipinski definition) is 0. The molecule has 0 aliphatic heterocycles. The molecule has 0 nitrogen and oxygen atoms in total. The third kappa shape index (κ3) is 2.33. The zero-order valence-corrected chi connectivity index (χ0v) is 16.8. The van der Waals surface area contributed by atoms with Crippen molar-refractivity contribution in [2.24, 2.45) is 0 Å². The molecular weight excluding hydrogens is 379 g/mol. The monoisotopic (exact) mass is 398 g/mol. The van der Waals surface area contributed by atoms with E-state index in [2.05, 4.69) is 95.6 Å². The van der Waals surface area contributed by atoms with Crippen molar-refractivity contribution < 1.29 is 21.3 Å². The predicted molar refractivity (Wildman–Crippen MR) is 104 cm³/mol. The summed E-state index contributed by atoms with van der Waals surface area (Å²) in [4.78, 5) is 0. The van der Waals surface area contributed by atoms with Crippen molar-refractivity contribution in [3.63, 3.8) is 0 Å². The zero-order chi connectivity index (χ0) is 16.8. The van der Waals surface area contributed by atoms with Gasteiger partial charge in [-0.1, -0.05) is 0 Å². The molecule has 1 heteroatoms. The first kappa shape index (κ1) is 15.4. The van der Waals surface area contributed by atoms with Gasteiger partial charge < -0.3 is 0 Å². The van der Waals surface area contributed by atoms with Crippen LogP contribution < -0.4 is 0 Å². The van der Waals surface area contributed by atoms with Crippen LogP contribution in [0.5, 0.6) is 0 Å². The van der Waals surface area contributed by atoms with E-state index in [9.17, 15) is 0 Å². The molecule has 5 rings (SSSR count). The zero-order valence-electron chi connectivity index (χ0n) is 14.3. The Morgan fingerprint density at radius 2 is 1.28 bits per heavy atom. The van der Waals surface area contributed by atoms with Gasteiger partial charge >= 0.3 is 157 Å². The molecule has 1 unspecified atom stereocenters. The molecule has 0 radical (unpaired) electrons. The fourth-order valence-electron chi connectivity index (χ4n) is 4.58. The van der Waals surface area contributed by atoms with Crippen molar-refractivity contribution >= 4 is 9.78 Å². The van der Waals surface area contributed by atoms with Crippen molar-refractivity contribution in [1.82, 2.24) is 0 Å². The van der Waals surface area contributed by atoms with Crippen molar-refractivity contribution in [2.45, 2.75) is 14.2 Å². The number of allylic oxidation sites excluding steroid dienone is 1. The summed E-state index contributed by atoms with van der Waals surface area (Å²) in [6.07, 6.45) is 4.83. The van der Waals surface area contributed by atoms with Crippen molar-refractivity contribution in [2.75, 3.05) is 0 Å². The molecule has 3 aromatic carbocycles. The van der Waals surface area contributed by atoms with Gasteiger partial charge in [-0.05, 0) is 0 Å². The van der Waals surface area contributed by atoms with Crippen LogP contribution in [0.1, 0.15) is 36.4 Å². The van der Waals surface area contributed by atoms with Crippen LogP contribution in [0.15, 0.2) is 78.9 Å². The van der Waals surface area contributed by atoms with E-state index in [1.165, 1.54) is 16.7 Å². The summed E-state index contributed by atoms with van der Waals surface area (Å²) in [5, 5.41) is 0. The minimum absolute atomic E-state index is 0.626. The fraction of sp³-hybridized carbons (Fsp3) is 0.125. The summed E-state index contributed by atoms with van der Waals surface area (Å²) >= 11 is -1.95. The van der Waals surface area contributed by atoms with Gasteiger partial charge in [-0.3, -0.25) is 0 Å². The van der Waals surface area contributed by atoms with Gasteiger partial charge in [0.1, 0.15) is 0 Å². The molecule has 2 aliphatic carbocycles. The first-order valence-corrected chi connectivity index (χ1v) is 13.3. The van der Waals surface area contributed by atoms with Gasteiger partial charge in [0.05, 0.1) is 0 Å². The Labute approximate surface area is 157 Å². The van der Waals surface area contributed by atoms with Crippen LogP contribution in [0, 0.1) is 0 Å². The van der Waals surface area contributed by atoms with Crippen LogP contribution in [-0.2, 0) is 21.3 Å². The van der Waals surface area contributed by atoms with Crippen LogP contribution >= 0.6 is 0 Å². The molecule has 0 spiro atoms. The van der Waals surface area contributed by atoms with Gasteiger partial charge in [0, 0.05) is 0 Å². The summed E-state index contributed by atoms with van der Waals surface area (Å²) in [6, 6.07) is 27.1. The van der Waals surface area contributed by atoms with Crippen molar-refractivity contribution in [3.05, 3.63) is 101 Å². The SMILES string of the molecule is C[CH]=[Zr]([CH]1C=Cc2ccccc21)[CH]1c2ccccc2-c2ccccc21. The molecule has 0 N–H and O–H groups in total. The first-order chi connectivity index (χ1) is 12.4. The van der Waals surface area contributed by atoms with E-state index in [1.54, 1.807) is 16.7 Å². The van der Waals surface area contributed by atoms with Gasteiger partial charge in [-0.15, -0.1) is 0 Å². The summed E-state index contributed by atoms with van der Waals surface area (Å²) in [7, 11) is 0. The number of rotatable bonds is 2. The average molecular weight is 400 g/mol. The Bertz CT molecular complexity index is 980. The molecule has 0 fully saturated rings. The second-order valence-electron chi connectivity index (χ2n) is 6.86. The normalized spacial score (nSPS) is 18.1. The Morgan fingerprint density at radius 3 is 1.92 bits per heavy atom. The number of hydrogen-bond donors (Lipinski definition) is 0. The summed E-state index contributed by atoms with van der Waals surface area (Å²) in [5.41, 5.74) is 9.02. The first-order valence-electron chi connectivity index (χ1n) is 9.00. The van der Waals surface area contributed by atoms with E-state index in [0.717, 1.165) is 0 Å². The molecule has 0 bridgehead atoms. The molecule has 1 atom stereocenters. The second kappa shape index (κ2) is 6.15. The van der Waals surface area contributed by atoms with Crippen LogP contribution in [0.25, 0.3) is 17.2 Å². The fourth-order valence-corrected chi connectivity index (χ4v) is 12.5. The maximum absolute atomic E-state index is 2.61. The van der Waals surface area contributed by atoms with Crippen LogP contribution in [0.2, 0.25) is 0 Å². The Morgan fingerprint density at radius 1 is 0.720 bits per heavy atom. The number of fused-ring (bicyclic) bond motifs is 4. The minimum atomic E-state index is -1.95. The third-order valence-electron chi connectivity index (χ3n) is 5.66. The van der Waals surface area contributed by atoms with Gasteiger partial charge in [-0.25, -0.2) is 0 Å². The molecule has 0 amide bonds. The predicted octanol–water partition coefficient (Wildman–Crippen LogP) is 5.96. The summed E-state index contributed by atoms with van der Waals surface area (Å²) < 4.78 is 3.89. The van der Waals surface area contributed by atoms with E-state index in [0.29, 0.717) is 7.25 Å². The Kier molecular flexibility index (Phi) is 3.79. The molecule has 120 valence electrons.